The Morgan fingerprint density at radius 1 is 1.45 bits per heavy atom. The molecule has 0 bridgehead atoms. The molecule has 0 saturated carbocycles. The van der Waals surface area contributed by atoms with E-state index in [9.17, 15) is 4.79 Å². The van der Waals surface area contributed by atoms with Gasteiger partial charge in [-0.2, -0.15) is 5.10 Å². The molecule has 3 rings (SSSR count). The Labute approximate surface area is 118 Å². The molecule has 0 fully saturated rings. The summed E-state index contributed by atoms with van der Waals surface area (Å²) in [7, 11) is 0. The molecule has 20 heavy (non-hydrogen) atoms. The first-order valence-corrected chi connectivity index (χ1v) is 6.89. The maximum absolute atomic E-state index is 12.0. The van der Waals surface area contributed by atoms with E-state index in [1.165, 1.54) is 0 Å². The van der Waals surface area contributed by atoms with Gasteiger partial charge in [-0.25, -0.2) is 4.68 Å². The number of aromatic nitrogens is 2. The van der Waals surface area contributed by atoms with Gasteiger partial charge in [0.05, 0.1) is 11.9 Å². The van der Waals surface area contributed by atoms with Gasteiger partial charge in [0.2, 0.25) is 5.91 Å². The van der Waals surface area contributed by atoms with E-state index in [1.54, 1.807) is 0 Å². The number of benzene rings is 1. The predicted molar refractivity (Wildman–Crippen MR) is 78.0 cm³/mol. The average molecular weight is 270 g/mol. The fraction of sp³-hybridized carbons (Fsp3) is 0.333. The zero-order valence-corrected chi connectivity index (χ0v) is 11.7. The highest BCUT2D eigenvalue weighted by molar-refractivity contribution is 6.02. The highest BCUT2D eigenvalue weighted by Crippen LogP contribution is 2.32. The van der Waals surface area contributed by atoms with E-state index in [1.807, 2.05) is 42.2 Å². The minimum atomic E-state index is -0.238. The van der Waals surface area contributed by atoms with E-state index in [0.29, 0.717) is 0 Å². The molecule has 2 N–H and O–H groups in total. The summed E-state index contributed by atoms with van der Waals surface area (Å²) in [4.78, 5) is 12.0. The topological polar surface area (TPSA) is 59.0 Å². The summed E-state index contributed by atoms with van der Waals surface area (Å²) in [6, 6.07) is 5.71. The van der Waals surface area contributed by atoms with Crippen LogP contribution in [0.25, 0.3) is 5.69 Å². The number of fused-ring (bicyclic) bond motifs is 1. The van der Waals surface area contributed by atoms with Crippen molar-refractivity contribution < 1.29 is 4.79 Å². The van der Waals surface area contributed by atoms with Gasteiger partial charge in [-0.1, -0.05) is 13.0 Å². The van der Waals surface area contributed by atoms with Crippen LogP contribution in [0.15, 0.2) is 30.6 Å². The van der Waals surface area contributed by atoms with Crippen LogP contribution in [0, 0.1) is 6.92 Å². The molecule has 1 unspecified atom stereocenters. The lowest BCUT2D eigenvalue weighted by Gasteiger charge is -2.10. The number of carbonyl (C=O) groups is 1. The Morgan fingerprint density at radius 2 is 2.30 bits per heavy atom. The van der Waals surface area contributed by atoms with Gasteiger partial charge in [0.15, 0.2) is 0 Å². The Kier molecular flexibility index (Phi) is 3.28. The van der Waals surface area contributed by atoms with Crippen LogP contribution in [-0.2, 0) is 4.79 Å². The Bertz CT molecular complexity index is 647. The van der Waals surface area contributed by atoms with Gasteiger partial charge < -0.3 is 10.6 Å². The highest BCUT2D eigenvalue weighted by Gasteiger charge is 2.29. The third-order valence-electron chi connectivity index (χ3n) is 3.44. The van der Waals surface area contributed by atoms with Gasteiger partial charge in [-0.05, 0) is 37.6 Å². The van der Waals surface area contributed by atoms with Crippen molar-refractivity contribution in [2.24, 2.45) is 0 Å². The summed E-state index contributed by atoms with van der Waals surface area (Å²) in [6.07, 6.45) is 4.78. The van der Waals surface area contributed by atoms with Crippen LogP contribution in [-0.4, -0.2) is 22.2 Å². The number of carbonyl (C=O) groups excluding carboxylic acids is 1. The van der Waals surface area contributed by atoms with Crippen LogP contribution < -0.4 is 10.6 Å². The largest absolute Gasteiger partial charge is 0.324 e. The minimum absolute atomic E-state index is 0.0160. The predicted octanol–water partition coefficient (Wildman–Crippen LogP) is 2.17. The lowest BCUT2D eigenvalue weighted by molar-refractivity contribution is -0.117. The van der Waals surface area contributed by atoms with E-state index in [2.05, 4.69) is 22.7 Å². The molecule has 1 aromatic carbocycles. The van der Waals surface area contributed by atoms with E-state index in [0.717, 1.165) is 35.5 Å². The molecule has 2 heterocycles. The van der Waals surface area contributed by atoms with Crippen molar-refractivity contribution >= 4 is 11.6 Å². The number of nitrogens with one attached hydrogen (secondary N) is 2. The van der Waals surface area contributed by atoms with Gasteiger partial charge >= 0.3 is 0 Å². The molecule has 5 nitrogen and oxygen atoms in total. The molecule has 1 amide bonds. The number of rotatable bonds is 4. The Hall–Kier alpha value is -2.14. The standard InChI is InChI=1S/C15H18N4O/c1-3-6-16-14-12-5-4-11(7-13(12)18-15(14)20)19-9-10(2)8-17-19/h4-5,7-9,14,16H,3,6H2,1-2H3,(H,18,20). The second kappa shape index (κ2) is 5.09. The second-order valence-corrected chi connectivity index (χ2v) is 5.11. The smallest absolute Gasteiger partial charge is 0.246 e. The van der Waals surface area contributed by atoms with Crippen LogP contribution in [0.2, 0.25) is 0 Å². The average Bonchev–Trinajstić information content (AvgIpc) is 2.99. The lowest BCUT2D eigenvalue weighted by Crippen LogP contribution is -2.27. The lowest BCUT2D eigenvalue weighted by atomic mass is 10.1. The molecule has 0 aliphatic carbocycles. The number of aryl methyl sites for hydroxylation is 1. The zero-order valence-electron chi connectivity index (χ0n) is 11.7. The number of nitrogens with zero attached hydrogens (tertiary/aromatic N) is 2. The van der Waals surface area contributed by atoms with Crippen molar-refractivity contribution in [2.75, 3.05) is 11.9 Å². The minimum Gasteiger partial charge on any atom is -0.324 e. The fourth-order valence-corrected chi connectivity index (χ4v) is 2.44. The highest BCUT2D eigenvalue weighted by atomic mass is 16.2. The molecular weight excluding hydrogens is 252 g/mol. The van der Waals surface area contributed by atoms with Gasteiger partial charge in [-0.3, -0.25) is 4.79 Å². The summed E-state index contributed by atoms with van der Waals surface area (Å²) in [5, 5.41) is 10.5. The van der Waals surface area contributed by atoms with Crippen LogP contribution in [0.4, 0.5) is 5.69 Å². The van der Waals surface area contributed by atoms with Crippen molar-refractivity contribution in [3.05, 3.63) is 41.7 Å². The van der Waals surface area contributed by atoms with E-state index >= 15 is 0 Å². The monoisotopic (exact) mass is 270 g/mol. The number of hydrogen-bond acceptors (Lipinski definition) is 3. The molecule has 2 aromatic rings. The van der Waals surface area contributed by atoms with Crippen molar-refractivity contribution in [3.63, 3.8) is 0 Å². The molecule has 1 aromatic heterocycles. The summed E-state index contributed by atoms with van der Waals surface area (Å²) in [6.45, 7) is 4.92. The van der Waals surface area contributed by atoms with Crippen molar-refractivity contribution in [1.29, 1.82) is 0 Å². The fourth-order valence-electron chi connectivity index (χ4n) is 2.44. The molecule has 1 aliphatic rings. The number of amides is 1. The van der Waals surface area contributed by atoms with Gasteiger partial charge in [0, 0.05) is 17.4 Å². The molecule has 104 valence electrons. The molecular formula is C15H18N4O. The van der Waals surface area contributed by atoms with Crippen molar-refractivity contribution in [1.82, 2.24) is 15.1 Å². The summed E-state index contributed by atoms with van der Waals surface area (Å²) in [5.41, 5.74) is 3.94. The van der Waals surface area contributed by atoms with Gasteiger partial charge in [0.25, 0.3) is 0 Å². The molecule has 5 heteroatoms. The van der Waals surface area contributed by atoms with Crippen molar-refractivity contribution in [3.8, 4) is 5.69 Å². The SMILES string of the molecule is CCCNC1C(=O)Nc2cc(-n3cc(C)cn3)ccc21. The Balaban J connectivity index is 1.91. The van der Waals surface area contributed by atoms with Crippen LogP contribution >= 0.6 is 0 Å². The van der Waals surface area contributed by atoms with Gasteiger partial charge in [0.1, 0.15) is 6.04 Å². The molecule has 0 spiro atoms. The summed E-state index contributed by atoms with van der Waals surface area (Å²) in [5.74, 6) is 0.0160. The van der Waals surface area contributed by atoms with Gasteiger partial charge in [-0.15, -0.1) is 0 Å². The molecule has 1 aliphatic heterocycles. The summed E-state index contributed by atoms with van der Waals surface area (Å²) < 4.78 is 1.81. The number of anilines is 1. The number of hydrogen-bond donors (Lipinski definition) is 2. The van der Waals surface area contributed by atoms with Crippen LogP contribution in [0.1, 0.15) is 30.5 Å². The van der Waals surface area contributed by atoms with E-state index in [-0.39, 0.29) is 11.9 Å². The maximum Gasteiger partial charge on any atom is 0.246 e. The first kappa shape index (κ1) is 12.9. The zero-order chi connectivity index (χ0) is 14.1. The third kappa shape index (κ3) is 2.20. The third-order valence-corrected chi connectivity index (χ3v) is 3.44. The first-order chi connectivity index (χ1) is 9.69. The van der Waals surface area contributed by atoms with Crippen molar-refractivity contribution in [2.45, 2.75) is 26.3 Å². The van der Waals surface area contributed by atoms with Crippen LogP contribution in [0.3, 0.4) is 0 Å². The van der Waals surface area contributed by atoms with E-state index in [4.69, 9.17) is 0 Å². The molecule has 0 radical (unpaired) electrons. The quantitative estimate of drug-likeness (QED) is 0.895. The molecule has 1 atom stereocenters. The van der Waals surface area contributed by atoms with E-state index < -0.39 is 0 Å². The Morgan fingerprint density at radius 3 is 3.00 bits per heavy atom. The summed E-state index contributed by atoms with van der Waals surface area (Å²) >= 11 is 0. The second-order valence-electron chi connectivity index (χ2n) is 5.11. The first-order valence-electron chi connectivity index (χ1n) is 6.89. The van der Waals surface area contributed by atoms with Crippen LogP contribution in [0.5, 0.6) is 0 Å². The maximum atomic E-state index is 12.0. The normalized spacial score (nSPS) is 17.1. The molecule has 0 saturated heterocycles.